The normalized spacial score (nSPS) is 18.3. The van der Waals surface area contributed by atoms with E-state index in [1.54, 1.807) is 48.5 Å². The molecule has 144 valence electrons. The molecule has 1 aliphatic carbocycles. The van der Waals surface area contributed by atoms with Crippen LogP contribution >= 0.6 is 0 Å². The SMILES string of the molecule is Cc1cc(NC(=O)[C@H]2CC=CC[C@@H]2C(=O)[O-])ccc1NC(=O)c1ccccc1. The number of aryl methyl sites for hydroxylation is 1. The van der Waals surface area contributed by atoms with E-state index >= 15 is 0 Å². The van der Waals surface area contributed by atoms with E-state index in [0.29, 0.717) is 29.8 Å². The van der Waals surface area contributed by atoms with Crippen molar-refractivity contribution in [1.82, 2.24) is 0 Å². The van der Waals surface area contributed by atoms with Crippen LogP contribution in [0.1, 0.15) is 28.8 Å². The zero-order valence-corrected chi connectivity index (χ0v) is 15.5. The first-order valence-corrected chi connectivity index (χ1v) is 9.09. The maximum Gasteiger partial charge on any atom is 0.255 e. The summed E-state index contributed by atoms with van der Waals surface area (Å²) in [6.07, 6.45) is 4.24. The van der Waals surface area contributed by atoms with Crippen LogP contribution in [0.3, 0.4) is 0 Å². The zero-order valence-electron chi connectivity index (χ0n) is 15.5. The first kappa shape index (κ1) is 19.4. The Bertz CT molecular complexity index is 921. The van der Waals surface area contributed by atoms with Gasteiger partial charge < -0.3 is 20.5 Å². The Labute approximate surface area is 163 Å². The number of carbonyl (C=O) groups is 3. The Morgan fingerprint density at radius 1 is 0.929 bits per heavy atom. The first-order valence-electron chi connectivity index (χ1n) is 9.09. The van der Waals surface area contributed by atoms with E-state index < -0.39 is 17.8 Å². The van der Waals surface area contributed by atoms with Gasteiger partial charge in [-0.2, -0.15) is 0 Å². The van der Waals surface area contributed by atoms with E-state index in [0.717, 1.165) is 5.56 Å². The van der Waals surface area contributed by atoms with Gasteiger partial charge in [0.05, 0.1) is 5.92 Å². The van der Waals surface area contributed by atoms with Crippen LogP contribution < -0.4 is 15.7 Å². The van der Waals surface area contributed by atoms with Crippen molar-refractivity contribution in [2.24, 2.45) is 11.8 Å². The van der Waals surface area contributed by atoms with Gasteiger partial charge in [0.15, 0.2) is 0 Å². The summed E-state index contributed by atoms with van der Waals surface area (Å²) in [6.45, 7) is 1.82. The molecule has 2 amide bonds. The smallest absolute Gasteiger partial charge is 0.255 e. The molecule has 0 fully saturated rings. The molecule has 0 saturated carbocycles. The first-order chi connectivity index (χ1) is 13.5. The van der Waals surface area contributed by atoms with Crippen molar-refractivity contribution in [1.29, 1.82) is 0 Å². The van der Waals surface area contributed by atoms with Crippen molar-refractivity contribution < 1.29 is 19.5 Å². The molecule has 0 aliphatic heterocycles. The standard InChI is InChI=1S/C22H22N2O4/c1-14-13-16(23-21(26)17-9-5-6-10-18(17)22(27)28)11-12-19(14)24-20(25)15-7-3-2-4-8-15/h2-8,11-13,17-18H,9-10H2,1H3,(H,23,26)(H,24,25)(H,27,28)/p-1/t17-,18-/m0/s1. The Morgan fingerprint density at radius 2 is 1.61 bits per heavy atom. The molecule has 0 unspecified atom stereocenters. The number of amides is 2. The van der Waals surface area contributed by atoms with Gasteiger partial charge in [0.1, 0.15) is 0 Å². The second-order valence-corrected chi connectivity index (χ2v) is 6.81. The van der Waals surface area contributed by atoms with Crippen molar-refractivity contribution in [3.63, 3.8) is 0 Å². The summed E-state index contributed by atoms with van der Waals surface area (Å²) in [6, 6.07) is 14.0. The predicted molar refractivity (Wildman–Crippen MR) is 105 cm³/mol. The van der Waals surface area contributed by atoms with Gasteiger partial charge in [0, 0.05) is 28.8 Å². The lowest BCUT2D eigenvalue weighted by Gasteiger charge is -2.28. The van der Waals surface area contributed by atoms with Crippen molar-refractivity contribution in [2.45, 2.75) is 19.8 Å². The molecule has 0 bridgehead atoms. The molecule has 28 heavy (non-hydrogen) atoms. The minimum Gasteiger partial charge on any atom is -0.550 e. The Balaban J connectivity index is 1.68. The number of hydrogen-bond donors (Lipinski definition) is 2. The Hall–Kier alpha value is -3.41. The molecular formula is C22H21N2O4-. The fraction of sp³-hybridized carbons (Fsp3) is 0.227. The number of nitrogens with one attached hydrogen (secondary N) is 2. The van der Waals surface area contributed by atoms with Gasteiger partial charge in [-0.3, -0.25) is 9.59 Å². The molecule has 0 spiro atoms. The molecule has 6 heteroatoms. The fourth-order valence-corrected chi connectivity index (χ4v) is 3.27. The van der Waals surface area contributed by atoms with Gasteiger partial charge in [-0.05, 0) is 55.7 Å². The molecule has 0 radical (unpaired) electrons. The van der Waals surface area contributed by atoms with E-state index in [1.807, 2.05) is 19.1 Å². The van der Waals surface area contributed by atoms with Crippen LogP contribution in [0.4, 0.5) is 11.4 Å². The molecule has 2 atom stereocenters. The summed E-state index contributed by atoms with van der Waals surface area (Å²) < 4.78 is 0. The van der Waals surface area contributed by atoms with Crippen LogP contribution in [0.2, 0.25) is 0 Å². The quantitative estimate of drug-likeness (QED) is 0.782. The lowest BCUT2D eigenvalue weighted by molar-refractivity contribution is -0.313. The third-order valence-electron chi connectivity index (χ3n) is 4.85. The number of aliphatic carboxylic acids is 1. The summed E-state index contributed by atoms with van der Waals surface area (Å²) in [5.74, 6) is -3.26. The molecular weight excluding hydrogens is 356 g/mol. The monoisotopic (exact) mass is 377 g/mol. The molecule has 2 aromatic carbocycles. The van der Waals surface area contributed by atoms with Crippen LogP contribution in [0.5, 0.6) is 0 Å². The average Bonchev–Trinajstić information content (AvgIpc) is 2.70. The number of carboxylic acids is 1. The van der Waals surface area contributed by atoms with E-state index in [-0.39, 0.29) is 11.8 Å². The molecule has 0 heterocycles. The highest BCUT2D eigenvalue weighted by Crippen LogP contribution is 2.27. The third-order valence-corrected chi connectivity index (χ3v) is 4.85. The van der Waals surface area contributed by atoms with Gasteiger partial charge in [0.2, 0.25) is 5.91 Å². The number of carbonyl (C=O) groups excluding carboxylic acids is 3. The second kappa shape index (κ2) is 8.52. The van der Waals surface area contributed by atoms with Gasteiger partial charge >= 0.3 is 0 Å². The highest BCUT2D eigenvalue weighted by Gasteiger charge is 2.29. The zero-order chi connectivity index (χ0) is 20.1. The lowest BCUT2D eigenvalue weighted by atomic mass is 9.82. The van der Waals surface area contributed by atoms with Crippen LogP contribution in [0, 0.1) is 18.8 Å². The topological polar surface area (TPSA) is 98.3 Å². The van der Waals surface area contributed by atoms with Crippen LogP contribution in [-0.4, -0.2) is 17.8 Å². The van der Waals surface area contributed by atoms with Crippen molar-refractivity contribution in [3.05, 3.63) is 71.8 Å². The Kier molecular flexibility index (Phi) is 5.89. The number of allylic oxidation sites excluding steroid dienone is 2. The van der Waals surface area contributed by atoms with Crippen LogP contribution in [-0.2, 0) is 9.59 Å². The molecule has 2 aromatic rings. The van der Waals surface area contributed by atoms with Crippen molar-refractivity contribution >= 4 is 29.2 Å². The molecule has 0 saturated heterocycles. The van der Waals surface area contributed by atoms with Crippen molar-refractivity contribution in [2.75, 3.05) is 10.6 Å². The summed E-state index contributed by atoms with van der Waals surface area (Å²) in [5.41, 5.74) is 2.52. The van der Waals surface area contributed by atoms with Gasteiger partial charge in [0.25, 0.3) is 5.91 Å². The van der Waals surface area contributed by atoms with E-state index in [4.69, 9.17) is 0 Å². The van der Waals surface area contributed by atoms with E-state index in [2.05, 4.69) is 10.6 Å². The number of rotatable bonds is 5. The highest BCUT2D eigenvalue weighted by atomic mass is 16.4. The average molecular weight is 377 g/mol. The van der Waals surface area contributed by atoms with Gasteiger partial charge in [-0.15, -0.1) is 0 Å². The van der Waals surface area contributed by atoms with E-state index in [1.165, 1.54) is 0 Å². The number of benzene rings is 2. The predicted octanol–water partition coefficient (Wildman–Crippen LogP) is 2.52. The Morgan fingerprint density at radius 3 is 2.25 bits per heavy atom. The lowest BCUT2D eigenvalue weighted by Crippen LogP contribution is -2.41. The molecule has 6 nitrogen and oxygen atoms in total. The number of anilines is 2. The maximum atomic E-state index is 12.5. The minimum atomic E-state index is -1.21. The molecule has 2 N–H and O–H groups in total. The molecule has 1 aliphatic rings. The largest absolute Gasteiger partial charge is 0.550 e. The molecule has 3 rings (SSSR count). The third kappa shape index (κ3) is 4.46. The van der Waals surface area contributed by atoms with Crippen LogP contribution in [0.15, 0.2) is 60.7 Å². The van der Waals surface area contributed by atoms with Gasteiger partial charge in [-0.1, -0.05) is 30.4 Å². The van der Waals surface area contributed by atoms with E-state index in [9.17, 15) is 19.5 Å². The maximum absolute atomic E-state index is 12.5. The number of carboxylic acid groups (broad SMARTS) is 1. The summed E-state index contributed by atoms with van der Waals surface area (Å²) in [5, 5.41) is 16.9. The fourth-order valence-electron chi connectivity index (χ4n) is 3.27. The molecule has 0 aromatic heterocycles. The second-order valence-electron chi connectivity index (χ2n) is 6.81. The minimum absolute atomic E-state index is 0.216. The van der Waals surface area contributed by atoms with Crippen LogP contribution in [0.25, 0.3) is 0 Å². The summed E-state index contributed by atoms with van der Waals surface area (Å²) >= 11 is 0. The number of hydrogen-bond acceptors (Lipinski definition) is 4. The highest BCUT2D eigenvalue weighted by molar-refractivity contribution is 6.05. The van der Waals surface area contributed by atoms with Crippen molar-refractivity contribution in [3.8, 4) is 0 Å². The van der Waals surface area contributed by atoms with Gasteiger partial charge in [-0.25, -0.2) is 0 Å². The summed E-state index contributed by atoms with van der Waals surface area (Å²) in [4.78, 5) is 36.1. The summed E-state index contributed by atoms with van der Waals surface area (Å²) in [7, 11) is 0.